The molecule has 1 aliphatic rings. The second-order valence-electron chi connectivity index (χ2n) is 9.45. The maximum atomic E-state index is 13.9. The van der Waals surface area contributed by atoms with Crippen molar-refractivity contribution in [1.82, 2.24) is 10.2 Å². The smallest absolute Gasteiger partial charge is 0.264 e. The highest BCUT2D eigenvalue weighted by Gasteiger charge is 2.34. The summed E-state index contributed by atoms with van der Waals surface area (Å²) in [4.78, 5) is 28.6. The van der Waals surface area contributed by atoms with Crippen LogP contribution in [0.15, 0.2) is 89.8 Å². The third kappa shape index (κ3) is 6.55. The first-order chi connectivity index (χ1) is 18.3. The molecule has 1 saturated carbocycles. The van der Waals surface area contributed by atoms with Gasteiger partial charge < -0.3 is 10.2 Å². The van der Waals surface area contributed by atoms with Crippen LogP contribution in [-0.4, -0.2) is 43.8 Å². The summed E-state index contributed by atoms with van der Waals surface area (Å²) < 4.78 is 28.5. The van der Waals surface area contributed by atoms with E-state index in [0.717, 1.165) is 35.6 Å². The maximum absolute atomic E-state index is 13.9. The van der Waals surface area contributed by atoms with Crippen LogP contribution in [0, 0.1) is 0 Å². The van der Waals surface area contributed by atoms with Gasteiger partial charge in [0.25, 0.3) is 10.0 Å². The summed E-state index contributed by atoms with van der Waals surface area (Å²) in [5.41, 5.74) is 1.02. The molecule has 0 saturated heterocycles. The van der Waals surface area contributed by atoms with E-state index < -0.39 is 28.5 Å². The lowest BCUT2D eigenvalue weighted by molar-refractivity contribution is -0.139. The Morgan fingerprint density at radius 1 is 0.921 bits per heavy atom. The van der Waals surface area contributed by atoms with Gasteiger partial charge in [-0.25, -0.2) is 8.42 Å². The summed E-state index contributed by atoms with van der Waals surface area (Å²) in [6.45, 7) is 1.31. The molecule has 9 heteroatoms. The van der Waals surface area contributed by atoms with Crippen LogP contribution in [0.25, 0.3) is 0 Å². The predicted octanol–water partition coefficient (Wildman–Crippen LogP) is 5.01. The minimum atomic E-state index is -4.14. The molecule has 3 aromatic rings. The number of nitrogens with one attached hydrogen (secondary N) is 1. The van der Waals surface area contributed by atoms with Crippen molar-refractivity contribution in [2.45, 2.75) is 56.1 Å². The molecule has 1 aliphatic carbocycles. The quantitative estimate of drug-likeness (QED) is 0.382. The molecule has 0 unspecified atom stereocenters. The summed E-state index contributed by atoms with van der Waals surface area (Å²) in [6.07, 6.45) is 3.97. The van der Waals surface area contributed by atoms with Gasteiger partial charge in [-0.1, -0.05) is 85.1 Å². The van der Waals surface area contributed by atoms with Crippen LogP contribution in [0.1, 0.15) is 38.2 Å². The molecule has 3 aromatic carbocycles. The highest BCUT2D eigenvalue weighted by molar-refractivity contribution is 7.92. The Labute approximate surface area is 229 Å². The molecular formula is C29H32ClN3O4S. The number of carbonyl (C=O) groups excluding carboxylic acids is 2. The summed E-state index contributed by atoms with van der Waals surface area (Å²) in [5, 5.41) is 3.26. The number of rotatable bonds is 10. The Hall–Kier alpha value is -3.36. The number of carbonyl (C=O) groups is 2. The number of nitrogens with zero attached hydrogens (tertiary/aromatic N) is 2. The molecule has 1 fully saturated rings. The minimum absolute atomic E-state index is 0.0364. The Morgan fingerprint density at radius 3 is 2.13 bits per heavy atom. The molecule has 2 amide bonds. The van der Waals surface area contributed by atoms with E-state index in [4.69, 9.17) is 11.6 Å². The lowest BCUT2D eigenvalue weighted by atomic mass is 10.1. The number of benzene rings is 3. The van der Waals surface area contributed by atoms with E-state index in [1.807, 2.05) is 30.3 Å². The van der Waals surface area contributed by atoms with Crippen LogP contribution in [-0.2, 0) is 26.2 Å². The second-order valence-corrected chi connectivity index (χ2v) is 11.7. The average Bonchev–Trinajstić information content (AvgIpc) is 3.44. The first kappa shape index (κ1) is 27.7. The van der Waals surface area contributed by atoms with Gasteiger partial charge in [-0.3, -0.25) is 13.9 Å². The number of hydrogen-bond acceptors (Lipinski definition) is 4. The summed E-state index contributed by atoms with van der Waals surface area (Å²) in [5.74, 6) is -0.765. The predicted molar refractivity (Wildman–Crippen MR) is 149 cm³/mol. The lowest BCUT2D eigenvalue weighted by Crippen LogP contribution is -2.52. The molecular weight excluding hydrogens is 522 g/mol. The highest BCUT2D eigenvalue weighted by atomic mass is 35.5. The number of amides is 2. The van der Waals surface area contributed by atoms with Gasteiger partial charge in [-0.05, 0) is 49.6 Å². The number of hydrogen-bond donors (Lipinski definition) is 1. The van der Waals surface area contributed by atoms with E-state index >= 15 is 0 Å². The molecule has 0 heterocycles. The van der Waals surface area contributed by atoms with Crippen molar-refractivity contribution in [3.63, 3.8) is 0 Å². The SMILES string of the molecule is C[C@@H](C(=O)NC1CCCC1)N(Cc1ccccc1)C(=O)CN(c1ccccc1Cl)S(=O)(=O)c1ccccc1. The van der Waals surface area contributed by atoms with Crippen molar-refractivity contribution < 1.29 is 18.0 Å². The molecule has 0 spiro atoms. The van der Waals surface area contributed by atoms with E-state index in [-0.39, 0.29) is 34.1 Å². The first-order valence-electron chi connectivity index (χ1n) is 12.7. The molecule has 7 nitrogen and oxygen atoms in total. The van der Waals surface area contributed by atoms with Crippen molar-refractivity contribution in [2.24, 2.45) is 0 Å². The summed E-state index contributed by atoms with van der Waals surface area (Å²) in [6, 6.07) is 23.0. The monoisotopic (exact) mass is 553 g/mol. The minimum Gasteiger partial charge on any atom is -0.352 e. The van der Waals surface area contributed by atoms with Crippen molar-refractivity contribution in [3.8, 4) is 0 Å². The van der Waals surface area contributed by atoms with Gasteiger partial charge in [0, 0.05) is 12.6 Å². The van der Waals surface area contributed by atoms with E-state index in [2.05, 4.69) is 5.32 Å². The zero-order valence-corrected chi connectivity index (χ0v) is 22.9. The van der Waals surface area contributed by atoms with Gasteiger partial charge in [0.2, 0.25) is 11.8 Å². The Bertz CT molecular complexity index is 1350. The highest BCUT2D eigenvalue weighted by Crippen LogP contribution is 2.30. The first-order valence-corrected chi connectivity index (χ1v) is 14.6. The van der Waals surface area contributed by atoms with Crippen molar-refractivity contribution in [2.75, 3.05) is 10.8 Å². The standard InChI is InChI=1S/C29H32ClN3O4S/c1-22(29(35)31-24-14-8-9-15-24)32(20-23-12-4-2-5-13-23)28(34)21-33(27-19-11-10-18-26(27)30)38(36,37)25-16-6-3-7-17-25/h2-7,10-13,16-19,22,24H,8-9,14-15,20-21H2,1H3,(H,31,35)/t22-/m0/s1. The van der Waals surface area contributed by atoms with Crippen LogP contribution in [0.5, 0.6) is 0 Å². The Morgan fingerprint density at radius 2 is 1.50 bits per heavy atom. The summed E-state index contributed by atoms with van der Waals surface area (Å²) >= 11 is 6.42. The maximum Gasteiger partial charge on any atom is 0.264 e. The van der Waals surface area contributed by atoms with Gasteiger partial charge in [0.05, 0.1) is 15.6 Å². The molecule has 1 N–H and O–H groups in total. The lowest BCUT2D eigenvalue weighted by Gasteiger charge is -2.32. The van der Waals surface area contributed by atoms with Gasteiger partial charge in [-0.2, -0.15) is 0 Å². The van der Waals surface area contributed by atoms with E-state index in [1.165, 1.54) is 17.0 Å². The largest absolute Gasteiger partial charge is 0.352 e. The van der Waals surface area contributed by atoms with E-state index in [0.29, 0.717) is 0 Å². The molecule has 4 rings (SSSR count). The van der Waals surface area contributed by atoms with E-state index in [1.54, 1.807) is 49.4 Å². The number of halogens is 1. The van der Waals surface area contributed by atoms with Crippen LogP contribution < -0.4 is 9.62 Å². The van der Waals surface area contributed by atoms with Gasteiger partial charge in [-0.15, -0.1) is 0 Å². The molecule has 0 bridgehead atoms. The molecule has 38 heavy (non-hydrogen) atoms. The van der Waals surface area contributed by atoms with Crippen molar-refractivity contribution in [3.05, 3.63) is 95.5 Å². The fourth-order valence-electron chi connectivity index (χ4n) is 4.64. The topological polar surface area (TPSA) is 86.8 Å². The van der Waals surface area contributed by atoms with Gasteiger partial charge >= 0.3 is 0 Å². The summed E-state index contributed by atoms with van der Waals surface area (Å²) in [7, 11) is -4.14. The van der Waals surface area contributed by atoms with Crippen LogP contribution in [0.2, 0.25) is 5.02 Å². The van der Waals surface area contributed by atoms with Crippen molar-refractivity contribution >= 4 is 39.1 Å². The Kier molecular flexibility index (Phi) is 9.07. The van der Waals surface area contributed by atoms with Gasteiger partial charge in [0.1, 0.15) is 12.6 Å². The molecule has 0 aliphatic heterocycles. The molecule has 0 radical (unpaired) electrons. The van der Waals surface area contributed by atoms with Crippen molar-refractivity contribution in [1.29, 1.82) is 0 Å². The number of anilines is 1. The van der Waals surface area contributed by atoms with Crippen LogP contribution in [0.4, 0.5) is 5.69 Å². The normalized spacial score (nSPS) is 14.6. The molecule has 200 valence electrons. The zero-order valence-electron chi connectivity index (χ0n) is 21.3. The Balaban J connectivity index is 1.67. The molecule has 1 atom stereocenters. The zero-order chi connectivity index (χ0) is 27.1. The third-order valence-corrected chi connectivity index (χ3v) is 8.89. The fraction of sp³-hybridized carbons (Fsp3) is 0.310. The number of sulfonamides is 1. The third-order valence-electron chi connectivity index (χ3n) is 6.80. The molecule has 0 aromatic heterocycles. The van der Waals surface area contributed by atoms with Gasteiger partial charge in [0.15, 0.2) is 0 Å². The van der Waals surface area contributed by atoms with Crippen LogP contribution >= 0.6 is 11.6 Å². The van der Waals surface area contributed by atoms with Crippen LogP contribution in [0.3, 0.4) is 0 Å². The average molecular weight is 554 g/mol. The van der Waals surface area contributed by atoms with E-state index in [9.17, 15) is 18.0 Å². The second kappa shape index (κ2) is 12.5. The number of para-hydroxylation sites is 1. The fourth-order valence-corrected chi connectivity index (χ4v) is 6.38.